The lowest BCUT2D eigenvalue weighted by Crippen LogP contribution is -2.61. The number of fused-ring (bicyclic) bond motifs is 1. The number of carboxylic acids is 1. The molecule has 398 valence electrons. The van der Waals surface area contributed by atoms with Crippen molar-refractivity contribution in [1.82, 2.24) is 57.5 Å². The van der Waals surface area contributed by atoms with Gasteiger partial charge < -0.3 is 69.1 Å². The molecule has 0 unspecified atom stereocenters. The Hall–Kier alpha value is -8.31. The number of hydrogen-bond acceptors (Lipinski definition) is 11. The topological polar surface area (TPSA) is 379 Å². The fraction of sp³-hybridized carbons (Fsp3) is 0.460. The van der Waals surface area contributed by atoms with E-state index in [1.165, 1.54) is 19.4 Å². The second-order valence-electron chi connectivity index (χ2n) is 18.1. The van der Waals surface area contributed by atoms with Gasteiger partial charge in [-0.1, -0.05) is 68.3 Å². The number of unbranched alkanes of at least 4 members (excludes halogenated alkanes) is 1. The van der Waals surface area contributed by atoms with Crippen LogP contribution in [-0.2, 0) is 62.4 Å². The second-order valence-corrected chi connectivity index (χ2v) is 18.1. The number of imidazole rings is 1. The van der Waals surface area contributed by atoms with Crippen LogP contribution in [0, 0.1) is 0 Å². The first-order valence-corrected chi connectivity index (χ1v) is 24.7. The Labute approximate surface area is 427 Å². The van der Waals surface area contributed by atoms with Crippen molar-refractivity contribution in [3.8, 4) is 0 Å². The number of guanidine groups is 1. The van der Waals surface area contributed by atoms with Gasteiger partial charge in [0, 0.05) is 68.3 Å². The van der Waals surface area contributed by atoms with Crippen LogP contribution >= 0.6 is 0 Å². The summed E-state index contributed by atoms with van der Waals surface area (Å²) in [5, 5.41) is 32.3. The molecule has 24 heteroatoms. The molecule has 5 rings (SSSR count). The first-order valence-electron chi connectivity index (χ1n) is 24.7. The van der Waals surface area contributed by atoms with E-state index in [0.717, 1.165) is 10.9 Å². The monoisotopic (exact) mass is 1020 g/mol. The van der Waals surface area contributed by atoms with E-state index in [-0.39, 0.29) is 76.8 Å². The van der Waals surface area contributed by atoms with Gasteiger partial charge in [0.05, 0.1) is 12.7 Å². The fourth-order valence-electron chi connectivity index (χ4n) is 8.37. The highest BCUT2D eigenvalue weighted by molar-refractivity contribution is 5.99. The third-order valence-corrected chi connectivity index (χ3v) is 12.3. The molecule has 0 bridgehead atoms. The van der Waals surface area contributed by atoms with Gasteiger partial charge in [-0.25, -0.2) is 9.78 Å². The number of amides is 8. The van der Waals surface area contributed by atoms with Crippen LogP contribution < -0.4 is 54.0 Å². The van der Waals surface area contributed by atoms with Crippen molar-refractivity contribution in [1.29, 1.82) is 0 Å². The van der Waals surface area contributed by atoms with Crippen LogP contribution in [0.25, 0.3) is 10.9 Å². The maximum Gasteiger partial charge on any atom is 0.326 e. The Balaban J connectivity index is 1.55. The minimum absolute atomic E-state index is 0.00489. The number of carboxylic acid groups (broad SMARTS) is 1. The maximum atomic E-state index is 14.7. The molecule has 0 aliphatic carbocycles. The SMILES string of the molecule is CCCC[C@H](NC(C)=O)C(=O)N[C@H]1CC(=O)NCCCC[C@@H](C(=O)O)NC(=O)[C@H](Cc2c[nH]c3ccccc23)NC(=O)[C@@H](CCCN=C(N)N)NC(=O)[C@@H](Cc2ccccc2)NC(=O)[C@H](Cc2cnc[nH]2)NC1=O. The Kier molecular flexibility index (Phi) is 21.9. The van der Waals surface area contributed by atoms with E-state index in [0.29, 0.717) is 29.7 Å². The van der Waals surface area contributed by atoms with Gasteiger partial charge in [0.25, 0.3) is 0 Å². The number of aliphatic carboxylic acids is 1. The standard InChI is InChI=1S/C50H68N14O10/c1-3-4-16-35(58-29(2)65)43(67)64-41-25-42(66)54-20-11-10-18-37(49(73)74)60-46(70)39(23-31-26-56-34-17-9-8-15-33(31)34)62-44(68)36(19-12-21-55-50(51)52)59-45(69)38(22-30-13-6-5-7-14-30)61-47(71)40(63-48(41)72)24-32-27-53-28-57-32/h5-9,13-15,17,26-28,35-41,56H,3-4,10-12,16,18-25H2,1-2H3,(H,53,57)(H,54,66)(H,58,65)(H,59,69)(H,60,70)(H,61,71)(H,62,68)(H,63,72)(H,64,67)(H,73,74)(H4,51,52,55)/t35-,36+,37-,38+,39-,40-,41-/m0/s1. The van der Waals surface area contributed by atoms with Gasteiger partial charge in [0.15, 0.2) is 5.96 Å². The van der Waals surface area contributed by atoms with E-state index in [9.17, 15) is 48.3 Å². The van der Waals surface area contributed by atoms with Crippen molar-refractivity contribution >= 4 is 70.1 Å². The molecule has 4 aromatic rings. The number of hydrogen-bond donors (Lipinski definition) is 13. The lowest BCUT2D eigenvalue weighted by Gasteiger charge is -2.28. The van der Waals surface area contributed by atoms with Crippen LogP contribution in [0.2, 0.25) is 0 Å². The van der Waals surface area contributed by atoms with Crippen molar-refractivity contribution in [2.45, 2.75) is 133 Å². The summed E-state index contributed by atoms with van der Waals surface area (Å²) in [6.45, 7) is 3.19. The molecule has 7 atom stereocenters. The largest absolute Gasteiger partial charge is 0.480 e. The van der Waals surface area contributed by atoms with Crippen molar-refractivity contribution in [3.05, 3.63) is 90.1 Å². The van der Waals surface area contributed by atoms with Crippen LogP contribution in [0.3, 0.4) is 0 Å². The van der Waals surface area contributed by atoms with Gasteiger partial charge in [0.1, 0.15) is 42.3 Å². The van der Waals surface area contributed by atoms with Crippen molar-refractivity contribution in [3.63, 3.8) is 0 Å². The predicted molar refractivity (Wildman–Crippen MR) is 272 cm³/mol. The third-order valence-electron chi connectivity index (χ3n) is 12.3. The van der Waals surface area contributed by atoms with Crippen molar-refractivity contribution in [2.75, 3.05) is 13.1 Å². The number of carbonyl (C=O) groups excluding carboxylic acids is 8. The summed E-state index contributed by atoms with van der Waals surface area (Å²) in [7, 11) is 0. The molecule has 1 fully saturated rings. The Morgan fingerprint density at radius 3 is 2.11 bits per heavy atom. The summed E-state index contributed by atoms with van der Waals surface area (Å²) in [6.07, 6.45) is 5.28. The number of para-hydroxylation sites is 1. The molecule has 8 amide bonds. The van der Waals surface area contributed by atoms with Gasteiger partial charge in [-0.05, 0) is 55.7 Å². The Bertz CT molecular complexity index is 2580. The highest BCUT2D eigenvalue weighted by atomic mass is 16.4. The third kappa shape index (κ3) is 18.1. The first-order chi connectivity index (χ1) is 35.5. The lowest BCUT2D eigenvalue weighted by molar-refractivity contribution is -0.142. The summed E-state index contributed by atoms with van der Waals surface area (Å²) in [4.78, 5) is 139. The van der Waals surface area contributed by atoms with E-state index in [1.807, 2.05) is 25.1 Å². The smallest absolute Gasteiger partial charge is 0.326 e. The van der Waals surface area contributed by atoms with Gasteiger partial charge in [-0.15, -0.1) is 0 Å². The molecular formula is C50H68N14O10. The lowest BCUT2D eigenvalue weighted by atomic mass is 10.0. The number of nitrogens with one attached hydrogen (secondary N) is 10. The number of benzene rings is 2. The minimum atomic E-state index is -1.59. The van der Waals surface area contributed by atoms with Crippen LogP contribution in [0.15, 0.2) is 78.3 Å². The van der Waals surface area contributed by atoms with E-state index in [1.54, 1.807) is 42.6 Å². The summed E-state index contributed by atoms with van der Waals surface area (Å²) >= 11 is 0. The quantitative estimate of drug-likeness (QED) is 0.0356. The molecule has 15 N–H and O–H groups in total. The molecule has 3 heterocycles. The Morgan fingerprint density at radius 2 is 1.43 bits per heavy atom. The molecule has 1 aliphatic heterocycles. The number of aliphatic imine (C=N–C) groups is 1. The molecule has 1 saturated heterocycles. The van der Waals surface area contributed by atoms with Gasteiger partial charge in [-0.3, -0.25) is 43.3 Å². The number of carbonyl (C=O) groups is 9. The summed E-state index contributed by atoms with van der Waals surface area (Å²) in [5.74, 6) is -7.80. The van der Waals surface area contributed by atoms with Crippen LogP contribution in [-0.4, -0.2) is 135 Å². The predicted octanol–water partition coefficient (Wildman–Crippen LogP) is -0.649. The van der Waals surface area contributed by atoms with Crippen molar-refractivity contribution < 1.29 is 48.3 Å². The van der Waals surface area contributed by atoms with E-state index in [2.05, 4.69) is 62.5 Å². The number of nitrogens with zero attached hydrogens (tertiary/aromatic N) is 2. The van der Waals surface area contributed by atoms with Gasteiger partial charge in [0.2, 0.25) is 47.3 Å². The second kappa shape index (κ2) is 28.7. The molecule has 24 nitrogen and oxygen atoms in total. The van der Waals surface area contributed by atoms with E-state index >= 15 is 0 Å². The normalized spacial score (nSPS) is 21.3. The average molecular weight is 1030 g/mol. The van der Waals surface area contributed by atoms with Crippen LogP contribution in [0.1, 0.15) is 88.5 Å². The zero-order valence-corrected chi connectivity index (χ0v) is 41.5. The summed E-state index contributed by atoms with van der Waals surface area (Å²) in [5.41, 5.74) is 13.5. The molecule has 1 aliphatic rings. The highest BCUT2D eigenvalue weighted by Crippen LogP contribution is 2.20. The molecule has 0 spiro atoms. The average Bonchev–Trinajstić information content (AvgIpc) is 4.04. The van der Waals surface area contributed by atoms with Gasteiger partial charge >= 0.3 is 5.97 Å². The van der Waals surface area contributed by atoms with Crippen molar-refractivity contribution in [2.24, 2.45) is 16.5 Å². The molecule has 2 aromatic heterocycles. The number of aromatic amines is 2. The number of H-pyrrole nitrogens is 2. The molecule has 0 radical (unpaired) electrons. The van der Waals surface area contributed by atoms with Crippen LogP contribution in [0.4, 0.5) is 0 Å². The van der Waals surface area contributed by atoms with E-state index < -0.39 is 102 Å². The maximum absolute atomic E-state index is 14.7. The first kappa shape index (κ1) is 56.6. The molecule has 0 saturated carbocycles. The van der Waals surface area contributed by atoms with Gasteiger partial charge in [-0.2, -0.15) is 0 Å². The highest BCUT2D eigenvalue weighted by Gasteiger charge is 2.35. The number of aromatic nitrogens is 3. The molecular weight excluding hydrogens is 957 g/mol. The summed E-state index contributed by atoms with van der Waals surface area (Å²) in [6, 6.07) is 6.21. The Morgan fingerprint density at radius 1 is 0.784 bits per heavy atom. The van der Waals surface area contributed by atoms with E-state index in [4.69, 9.17) is 11.5 Å². The fourth-order valence-corrected chi connectivity index (χ4v) is 8.37. The summed E-state index contributed by atoms with van der Waals surface area (Å²) < 4.78 is 0. The van der Waals surface area contributed by atoms with Crippen LogP contribution in [0.5, 0.6) is 0 Å². The number of nitrogens with two attached hydrogens (primary N) is 2. The molecule has 74 heavy (non-hydrogen) atoms. The zero-order chi connectivity index (χ0) is 53.6. The molecule has 2 aromatic carbocycles. The minimum Gasteiger partial charge on any atom is -0.480 e. The number of rotatable bonds is 17. The zero-order valence-electron chi connectivity index (χ0n) is 41.5.